The number of carbonyl (C=O) groups excluding carboxylic acids is 1. The lowest BCUT2D eigenvalue weighted by molar-refractivity contribution is -0.139. The van der Waals surface area contributed by atoms with Crippen LogP contribution in [0.4, 0.5) is 5.69 Å². The van der Waals surface area contributed by atoms with E-state index in [0.717, 1.165) is 11.1 Å². The molecule has 0 saturated heterocycles. The molecule has 1 atom stereocenters. The lowest BCUT2D eigenvalue weighted by Crippen LogP contribution is -2.43. The molecule has 1 heterocycles. The van der Waals surface area contributed by atoms with Crippen molar-refractivity contribution in [3.63, 3.8) is 0 Å². The average Bonchev–Trinajstić information content (AvgIpc) is 2.44. The molecule has 110 valence electrons. The first-order chi connectivity index (χ1) is 9.36. The van der Waals surface area contributed by atoms with E-state index < -0.39 is 21.2 Å². The second kappa shape index (κ2) is 5.41. The predicted octanol–water partition coefficient (Wildman–Crippen LogP) is 0.518. The van der Waals surface area contributed by atoms with Gasteiger partial charge in [0.25, 0.3) is 0 Å². The SMILES string of the molecule is COC(=O)C(C)S(=O)(=O)N1CCc2ccc(N)cc2C1. The second-order valence-electron chi connectivity index (χ2n) is 4.82. The van der Waals surface area contributed by atoms with E-state index in [0.29, 0.717) is 18.7 Å². The predicted molar refractivity (Wildman–Crippen MR) is 75.4 cm³/mol. The number of benzene rings is 1. The summed E-state index contributed by atoms with van der Waals surface area (Å²) in [6.07, 6.45) is 0.614. The average molecular weight is 298 g/mol. The molecule has 0 spiro atoms. The molecular weight excluding hydrogens is 280 g/mol. The minimum absolute atomic E-state index is 0.240. The first kappa shape index (κ1) is 14.8. The molecule has 1 aromatic carbocycles. The molecule has 1 aromatic rings. The van der Waals surface area contributed by atoms with Crippen LogP contribution in [0.25, 0.3) is 0 Å². The van der Waals surface area contributed by atoms with Crippen LogP contribution in [0.3, 0.4) is 0 Å². The highest BCUT2D eigenvalue weighted by molar-refractivity contribution is 7.90. The van der Waals surface area contributed by atoms with E-state index in [2.05, 4.69) is 4.74 Å². The minimum Gasteiger partial charge on any atom is -0.468 e. The van der Waals surface area contributed by atoms with Crippen molar-refractivity contribution >= 4 is 21.7 Å². The molecular formula is C13H18N2O4S. The Hall–Kier alpha value is -1.60. The Kier molecular flexibility index (Phi) is 4.01. The van der Waals surface area contributed by atoms with Crippen LogP contribution in [0.2, 0.25) is 0 Å². The summed E-state index contributed by atoms with van der Waals surface area (Å²) in [4.78, 5) is 11.5. The number of ether oxygens (including phenoxy) is 1. The lowest BCUT2D eigenvalue weighted by atomic mass is 10.0. The van der Waals surface area contributed by atoms with Crippen LogP contribution in [0, 0.1) is 0 Å². The molecule has 0 amide bonds. The fourth-order valence-corrected chi connectivity index (χ4v) is 3.73. The highest BCUT2D eigenvalue weighted by atomic mass is 32.2. The van der Waals surface area contributed by atoms with Crippen molar-refractivity contribution in [3.05, 3.63) is 29.3 Å². The Morgan fingerprint density at radius 1 is 1.40 bits per heavy atom. The molecule has 0 aromatic heterocycles. The largest absolute Gasteiger partial charge is 0.468 e. The van der Waals surface area contributed by atoms with Gasteiger partial charge in [0.2, 0.25) is 10.0 Å². The summed E-state index contributed by atoms with van der Waals surface area (Å²) in [5.74, 6) is -0.747. The van der Waals surface area contributed by atoms with Gasteiger partial charge in [0.15, 0.2) is 5.25 Å². The van der Waals surface area contributed by atoms with Crippen LogP contribution < -0.4 is 5.73 Å². The molecule has 2 rings (SSSR count). The zero-order valence-electron chi connectivity index (χ0n) is 11.5. The number of nitrogen functional groups attached to an aromatic ring is 1. The van der Waals surface area contributed by atoms with Crippen LogP contribution in [0.1, 0.15) is 18.1 Å². The molecule has 2 N–H and O–H groups in total. The van der Waals surface area contributed by atoms with Crippen molar-refractivity contribution in [2.24, 2.45) is 0 Å². The van der Waals surface area contributed by atoms with Gasteiger partial charge < -0.3 is 10.5 Å². The third kappa shape index (κ3) is 2.64. The summed E-state index contributed by atoms with van der Waals surface area (Å²) < 4.78 is 30.6. The van der Waals surface area contributed by atoms with E-state index >= 15 is 0 Å². The maximum absolute atomic E-state index is 12.4. The lowest BCUT2D eigenvalue weighted by Gasteiger charge is -2.29. The van der Waals surface area contributed by atoms with Crippen LogP contribution >= 0.6 is 0 Å². The van der Waals surface area contributed by atoms with Gasteiger partial charge >= 0.3 is 5.97 Å². The Labute approximate surface area is 118 Å². The van der Waals surface area contributed by atoms with Gasteiger partial charge in [-0.2, -0.15) is 4.31 Å². The summed E-state index contributed by atoms with van der Waals surface area (Å²) in [7, 11) is -2.53. The van der Waals surface area contributed by atoms with E-state index in [-0.39, 0.29) is 6.54 Å². The Morgan fingerprint density at radius 2 is 2.10 bits per heavy atom. The number of esters is 1. The topological polar surface area (TPSA) is 89.7 Å². The van der Waals surface area contributed by atoms with Gasteiger partial charge in [-0.05, 0) is 36.6 Å². The summed E-state index contributed by atoms with van der Waals surface area (Å²) in [6.45, 7) is 1.95. The Bertz CT molecular complexity index is 627. The molecule has 0 radical (unpaired) electrons. The number of rotatable bonds is 3. The van der Waals surface area contributed by atoms with Crippen molar-refractivity contribution < 1.29 is 17.9 Å². The maximum Gasteiger partial charge on any atom is 0.325 e. The van der Waals surface area contributed by atoms with Crippen molar-refractivity contribution in [1.82, 2.24) is 4.31 Å². The number of nitrogens with two attached hydrogens (primary N) is 1. The van der Waals surface area contributed by atoms with Gasteiger partial charge in [-0.1, -0.05) is 6.07 Å². The van der Waals surface area contributed by atoms with Crippen molar-refractivity contribution in [3.8, 4) is 0 Å². The summed E-state index contributed by atoms with van der Waals surface area (Å²) >= 11 is 0. The molecule has 7 heteroatoms. The number of hydrogen-bond donors (Lipinski definition) is 1. The van der Waals surface area contributed by atoms with E-state index in [1.165, 1.54) is 18.3 Å². The summed E-state index contributed by atoms with van der Waals surface area (Å²) in [6, 6.07) is 5.50. The number of nitrogens with zero attached hydrogens (tertiary/aromatic N) is 1. The molecule has 1 unspecified atom stereocenters. The maximum atomic E-state index is 12.4. The van der Waals surface area contributed by atoms with E-state index in [1.54, 1.807) is 12.1 Å². The van der Waals surface area contributed by atoms with E-state index in [4.69, 9.17) is 5.73 Å². The quantitative estimate of drug-likeness (QED) is 0.649. The fraction of sp³-hybridized carbons (Fsp3) is 0.462. The van der Waals surface area contributed by atoms with Crippen LogP contribution in [0.5, 0.6) is 0 Å². The van der Waals surface area contributed by atoms with Gasteiger partial charge in [-0.3, -0.25) is 4.79 Å². The Balaban J connectivity index is 2.26. The molecule has 6 nitrogen and oxygen atoms in total. The zero-order valence-corrected chi connectivity index (χ0v) is 12.3. The Morgan fingerprint density at radius 3 is 2.75 bits per heavy atom. The van der Waals surface area contributed by atoms with Crippen molar-refractivity contribution in [2.45, 2.75) is 25.1 Å². The third-order valence-electron chi connectivity index (χ3n) is 3.55. The fourth-order valence-electron chi connectivity index (χ4n) is 2.28. The molecule has 20 heavy (non-hydrogen) atoms. The van der Waals surface area contributed by atoms with Gasteiger partial charge in [0, 0.05) is 18.8 Å². The monoisotopic (exact) mass is 298 g/mol. The van der Waals surface area contributed by atoms with Crippen molar-refractivity contribution in [1.29, 1.82) is 0 Å². The number of methoxy groups -OCH3 is 1. The molecule has 0 fully saturated rings. The van der Waals surface area contributed by atoms with Crippen molar-refractivity contribution in [2.75, 3.05) is 19.4 Å². The molecule has 1 aliphatic rings. The number of sulfonamides is 1. The molecule has 0 bridgehead atoms. The summed E-state index contributed by atoms with van der Waals surface area (Å²) in [5, 5.41) is -1.20. The summed E-state index contributed by atoms with van der Waals surface area (Å²) in [5.41, 5.74) is 8.30. The van der Waals surface area contributed by atoms with Gasteiger partial charge in [-0.15, -0.1) is 0 Å². The van der Waals surface area contributed by atoms with Gasteiger partial charge in [0.05, 0.1) is 7.11 Å². The number of carbonyl (C=O) groups is 1. The van der Waals surface area contributed by atoms with Crippen LogP contribution in [-0.4, -0.2) is 37.6 Å². The molecule has 0 aliphatic carbocycles. The first-order valence-electron chi connectivity index (χ1n) is 6.30. The second-order valence-corrected chi connectivity index (χ2v) is 7.08. The van der Waals surface area contributed by atoms with Crippen LogP contribution in [-0.2, 0) is 32.5 Å². The zero-order chi connectivity index (χ0) is 14.9. The third-order valence-corrected chi connectivity index (χ3v) is 5.66. The van der Waals surface area contributed by atoms with Crippen LogP contribution in [0.15, 0.2) is 18.2 Å². The minimum atomic E-state index is -3.71. The van der Waals surface area contributed by atoms with E-state index in [1.807, 2.05) is 6.07 Å². The standard InChI is InChI=1S/C13H18N2O4S/c1-9(13(16)19-2)20(17,18)15-6-5-10-3-4-12(14)7-11(10)8-15/h3-4,7,9H,5-6,8,14H2,1-2H3. The highest BCUT2D eigenvalue weighted by Gasteiger charge is 2.36. The number of anilines is 1. The highest BCUT2D eigenvalue weighted by Crippen LogP contribution is 2.24. The first-order valence-corrected chi connectivity index (χ1v) is 7.80. The number of hydrogen-bond acceptors (Lipinski definition) is 5. The molecule has 0 saturated carbocycles. The van der Waals surface area contributed by atoms with Gasteiger partial charge in [-0.25, -0.2) is 8.42 Å². The molecule has 1 aliphatic heterocycles. The number of fused-ring (bicyclic) bond motifs is 1. The smallest absolute Gasteiger partial charge is 0.325 e. The normalized spacial score (nSPS) is 17.3. The van der Waals surface area contributed by atoms with E-state index in [9.17, 15) is 13.2 Å². The van der Waals surface area contributed by atoms with Gasteiger partial charge in [0.1, 0.15) is 0 Å².